The number of Topliss-reactive ketones (excluding diaryl/α,β-unsaturated/α-hetero) is 1. The molecule has 44 heavy (non-hydrogen) atoms. The molecular weight excluding hydrogens is 602 g/mol. The molecule has 0 radical (unpaired) electrons. The number of amides is 1. The summed E-state index contributed by atoms with van der Waals surface area (Å²) in [6.07, 6.45) is 2.78. The van der Waals surface area contributed by atoms with Crippen LogP contribution in [0.3, 0.4) is 0 Å². The smallest absolute Gasteiger partial charge is 0.301 e. The van der Waals surface area contributed by atoms with Gasteiger partial charge in [-0.3, -0.25) is 14.5 Å². The molecule has 1 atom stereocenters. The van der Waals surface area contributed by atoms with Crippen LogP contribution in [0.15, 0.2) is 82.7 Å². The number of nitrogens with zero attached hydrogens (tertiary/aromatic N) is 3. The Morgan fingerprint density at radius 2 is 1.57 bits per heavy atom. The second kappa shape index (κ2) is 14.5. The molecular formula is C33H32FN3O5S2. The monoisotopic (exact) mass is 633 g/mol. The summed E-state index contributed by atoms with van der Waals surface area (Å²) in [6.45, 7) is 5.23. The van der Waals surface area contributed by atoms with Crippen LogP contribution < -0.4 is 14.4 Å². The summed E-state index contributed by atoms with van der Waals surface area (Å²) < 4.78 is 25.3. The number of aromatic nitrogens is 2. The number of ketones is 1. The number of rotatable bonds is 13. The van der Waals surface area contributed by atoms with E-state index in [9.17, 15) is 19.1 Å². The molecule has 1 N–H and O–H groups in total. The normalized spacial score (nSPS) is 16.0. The highest BCUT2D eigenvalue weighted by molar-refractivity contribution is 8.00. The van der Waals surface area contributed by atoms with Gasteiger partial charge in [0.15, 0.2) is 4.34 Å². The Morgan fingerprint density at radius 1 is 0.909 bits per heavy atom. The first kappa shape index (κ1) is 31.2. The quantitative estimate of drug-likeness (QED) is 0.0402. The molecule has 0 aliphatic carbocycles. The number of ether oxygens (including phenoxy) is 2. The number of thioether (sulfide) groups is 1. The molecule has 4 aromatic rings. The number of hydrogen-bond acceptors (Lipinski definition) is 9. The minimum absolute atomic E-state index is 0.0485. The Bertz CT molecular complexity index is 1620. The molecule has 5 rings (SSSR count). The largest absolute Gasteiger partial charge is 0.507 e. The van der Waals surface area contributed by atoms with Crippen molar-refractivity contribution in [2.24, 2.45) is 0 Å². The molecule has 8 nitrogen and oxygen atoms in total. The van der Waals surface area contributed by atoms with Gasteiger partial charge >= 0.3 is 5.91 Å². The molecule has 1 aliphatic heterocycles. The fourth-order valence-electron chi connectivity index (χ4n) is 4.59. The minimum atomic E-state index is -0.946. The van der Waals surface area contributed by atoms with E-state index in [0.717, 1.165) is 24.8 Å². The van der Waals surface area contributed by atoms with Crippen LogP contribution >= 0.6 is 23.1 Å². The second-order valence-electron chi connectivity index (χ2n) is 10.1. The zero-order chi connectivity index (χ0) is 31.1. The van der Waals surface area contributed by atoms with Gasteiger partial charge in [0.2, 0.25) is 5.13 Å². The van der Waals surface area contributed by atoms with Crippen molar-refractivity contribution in [1.82, 2.24) is 10.2 Å². The summed E-state index contributed by atoms with van der Waals surface area (Å²) in [5, 5.41) is 20.2. The summed E-state index contributed by atoms with van der Waals surface area (Å²) >= 11 is 2.56. The van der Waals surface area contributed by atoms with Crippen molar-refractivity contribution in [2.45, 2.75) is 49.2 Å². The van der Waals surface area contributed by atoms with Crippen molar-refractivity contribution in [3.05, 3.63) is 101 Å². The Kier molecular flexibility index (Phi) is 10.3. The Morgan fingerprint density at radius 3 is 2.23 bits per heavy atom. The molecule has 0 unspecified atom stereocenters. The predicted octanol–water partition coefficient (Wildman–Crippen LogP) is 7.56. The van der Waals surface area contributed by atoms with Crippen molar-refractivity contribution in [3.63, 3.8) is 0 Å². The van der Waals surface area contributed by atoms with Crippen LogP contribution in [0.4, 0.5) is 9.52 Å². The lowest BCUT2D eigenvalue weighted by Crippen LogP contribution is -2.29. The highest BCUT2D eigenvalue weighted by atomic mass is 32.2. The first-order chi connectivity index (χ1) is 21.4. The number of aliphatic hydroxyl groups excluding tert-OH is 1. The van der Waals surface area contributed by atoms with E-state index in [1.807, 2.05) is 6.92 Å². The third kappa shape index (κ3) is 7.11. The molecule has 1 aliphatic rings. The third-order valence-corrected chi connectivity index (χ3v) is 9.01. The topological polar surface area (TPSA) is 102 Å². The number of carbonyl (C=O) groups is 2. The molecule has 1 aromatic heterocycles. The summed E-state index contributed by atoms with van der Waals surface area (Å²) in [6, 6.07) is 19.1. The standard InChI is InChI=1S/C33H32FN3O5S2/c1-3-5-19-42-26-16-10-23(11-17-26)29(38)27-28(22-8-14-25(15-9-22)41-18-4-2)37(31(40)30(27)39)32-35-36-33(44-32)43-20-21-6-12-24(34)13-7-21/h6-17,28,38H,3-5,18-20H2,1-2H3/t28-/m1/s1. The van der Waals surface area contributed by atoms with E-state index in [-0.39, 0.29) is 22.3 Å². The maximum Gasteiger partial charge on any atom is 0.301 e. The predicted molar refractivity (Wildman–Crippen MR) is 170 cm³/mol. The van der Waals surface area contributed by atoms with Crippen LogP contribution in [0, 0.1) is 5.82 Å². The lowest BCUT2D eigenvalue weighted by molar-refractivity contribution is -0.132. The average Bonchev–Trinajstić information content (AvgIpc) is 3.61. The Balaban J connectivity index is 1.48. The first-order valence-corrected chi connectivity index (χ1v) is 16.2. The van der Waals surface area contributed by atoms with Crippen LogP contribution in [-0.4, -0.2) is 40.2 Å². The van der Waals surface area contributed by atoms with E-state index in [1.54, 1.807) is 60.7 Å². The van der Waals surface area contributed by atoms with Crippen LogP contribution in [-0.2, 0) is 15.3 Å². The van der Waals surface area contributed by atoms with Gasteiger partial charge in [0.05, 0.1) is 24.8 Å². The zero-order valence-electron chi connectivity index (χ0n) is 24.4. The van der Waals surface area contributed by atoms with Gasteiger partial charge in [0.1, 0.15) is 23.1 Å². The number of hydrogen-bond donors (Lipinski definition) is 1. The number of benzene rings is 3. The molecule has 3 aromatic carbocycles. The number of anilines is 1. The van der Waals surface area contributed by atoms with E-state index in [0.29, 0.717) is 45.9 Å². The molecule has 1 amide bonds. The molecule has 1 fully saturated rings. The number of halogens is 1. The van der Waals surface area contributed by atoms with Crippen molar-refractivity contribution in [2.75, 3.05) is 18.1 Å². The number of carbonyl (C=O) groups excluding carboxylic acids is 2. The fourth-order valence-corrected chi connectivity index (χ4v) is 6.42. The van der Waals surface area contributed by atoms with Crippen LogP contribution in [0.1, 0.15) is 55.8 Å². The maximum absolute atomic E-state index is 13.5. The van der Waals surface area contributed by atoms with Gasteiger partial charge in [0.25, 0.3) is 5.78 Å². The number of aliphatic hydroxyl groups is 1. The Hall–Kier alpha value is -4.22. The van der Waals surface area contributed by atoms with Crippen LogP contribution in [0.25, 0.3) is 5.76 Å². The fraction of sp³-hybridized carbons (Fsp3) is 0.273. The van der Waals surface area contributed by atoms with Gasteiger partial charge in [-0.1, -0.05) is 67.6 Å². The van der Waals surface area contributed by atoms with Gasteiger partial charge in [-0.15, -0.1) is 10.2 Å². The van der Waals surface area contributed by atoms with Crippen molar-refractivity contribution in [1.29, 1.82) is 0 Å². The van der Waals surface area contributed by atoms with Crippen LogP contribution in [0.5, 0.6) is 11.5 Å². The van der Waals surface area contributed by atoms with Crippen LogP contribution in [0.2, 0.25) is 0 Å². The van der Waals surface area contributed by atoms with E-state index < -0.39 is 17.7 Å². The van der Waals surface area contributed by atoms with Crippen molar-refractivity contribution >= 4 is 45.7 Å². The van der Waals surface area contributed by atoms with Gasteiger partial charge in [0, 0.05) is 11.3 Å². The van der Waals surface area contributed by atoms with E-state index in [4.69, 9.17) is 9.47 Å². The molecule has 0 bridgehead atoms. The molecule has 11 heteroatoms. The lowest BCUT2D eigenvalue weighted by Gasteiger charge is -2.22. The molecule has 1 saturated heterocycles. The molecule has 2 heterocycles. The second-order valence-corrected chi connectivity index (χ2v) is 12.3. The third-order valence-electron chi connectivity index (χ3n) is 6.88. The SMILES string of the molecule is CCCCOc1ccc(C(O)=C2C(=O)C(=O)N(c3nnc(SCc4ccc(F)cc4)s3)[C@@H]2c2ccc(OCCC)cc2)cc1. The summed E-state index contributed by atoms with van der Waals surface area (Å²) in [5.74, 6) is -0.414. The summed E-state index contributed by atoms with van der Waals surface area (Å²) in [4.78, 5) is 28.4. The first-order valence-electron chi connectivity index (χ1n) is 14.4. The van der Waals surface area contributed by atoms with Gasteiger partial charge < -0.3 is 14.6 Å². The average molecular weight is 634 g/mol. The lowest BCUT2D eigenvalue weighted by atomic mass is 9.95. The molecule has 0 spiro atoms. The van der Waals surface area contributed by atoms with E-state index in [2.05, 4.69) is 17.1 Å². The van der Waals surface area contributed by atoms with Gasteiger partial charge in [-0.05, 0) is 72.5 Å². The maximum atomic E-state index is 13.5. The number of unbranched alkanes of at least 4 members (excludes halogenated alkanes) is 1. The molecule has 0 saturated carbocycles. The zero-order valence-corrected chi connectivity index (χ0v) is 26.0. The van der Waals surface area contributed by atoms with E-state index in [1.165, 1.54) is 40.1 Å². The van der Waals surface area contributed by atoms with Crippen molar-refractivity contribution < 1.29 is 28.6 Å². The minimum Gasteiger partial charge on any atom is -0.507 e. The van der Waals surface area contributed by atoms with Crippen molar-refractivity contribution in [3.8, 4) is 11.5 Å². The highest BCUT2D eigenvalue weighted by Gasteiger charge is 2.48. The molecule has 228 valence electrons. The summed E-state index contributed by atoms with van der Waals surface area (Å²) in [5.41, 5.74) is 1.84. The van der Waals surface area contributed by atoms with Gasteiger partial charge in [-0.25, -0.2) is 4.39 Å². The summed E-state index contributed by atoms with van der Waals surface area (Å²) in [7, 11) is 0. The highest BCUT2D eigenvalue weighted by Crippen LogP contribution is 2.44. The van der Waals surface area contributed by atoms with E-state index >= 15 is 0 Å². The Labute approximate surface area is 263 Å². The van der Waals surface area contributed by atoms with Gasteiger partial charge in [-0.2, -0.15) is 0 Å².